The average molecular weight is 356 g/mol. The molecule has 9 heteroatoms. The summed E-state index contributed by atoms with van der Waals surface area (Å²) < 4.78 is 14.9. The van der Waals surface area contributed by atoms with Gasteiger partial charge in [-0.2, -0.15) is 14.5 Å². The summed E-state index contributed by atoms with van der Waals surface area (Å²) in [6, 6.07) is 8.31. The normalized spacial score (nSPS) is 15.7. The predicted octanol–water partition coefficient (Wildman–Crippen LogP) is 0.793. The molecule has 3 aromatic rings. The summed E-state index contributed by atoms with van der Waals surface area (Å²) in [7, 11) is 0. The Bertz CT molecular complexity index is 916. The van der Waals surface area contributed by atoms with E-state index in [0.717, 1.165) is 38.4 Å². The van der Waals surface area contributed by atoms with Gasteiger partial charge in [0.25, 0.3) is 5.78 Å². The minimum absolute atomic E-state index is 0.198. The van der Waals surface area contributed by atoms with E-state index in [1.54, 1.807) is 18.2 Å². The van der Waals surface area contributed by atoms with Gasteiger partial charge in [-0.25, -0.2) is 4.39 Å². The second-order valence-corrected chi connectivity index (χ2v) is 6.40. The topological polar surface area (TPSA) is 102 Å². The largest absolute Gasteiger partial charge is 0.383 e. The number of hydrogen-bond acceptors (Lipinski definition) is 7. The smallest absolute Gasteiger partial charge is 0.256 e. The number of hydrogen-bond donors (Lipinski definition) is 2. The zero-order valence-electron chi connectivity index (χ0n) is 14.3. The number of fused-ring (bicyclic) bond motifs is 1. The number of nitrogen functional groups attached to an aromatic ring is 2. The van der Waals surface area contributed by atoms with Crippen molar-refractivity contribution in [2.45, 2.75) is 6.42 Å². The number of aromatic nitrogens is 4. The molecule has 0 atom stereocenters. The predicted molar refractivity (Wildman–Crippen MR) is 98.4 cm³/mol. The molecule has 1 aromatic carbocycles. The van der Waals surface area contributed by atoms with Crippen LogP contribution < -0.4 is 16.4 Å². The molecule has 0 saturated carbocycles. The number of nitrogens with zero attached hydrogens (tertiary/aromatic N) is 6. The number of anilines is 3. The number of halogens is 1. The third-order valence-electron chi connectivity index (χ3n) is 4.60. The minimum atomic E-state index is -0.198. The van der Waals surface area contributed by atoms with Crippen molar-refractivity contribution in [3.05, 3.63) is 42.0 Å². The number of nitrogens with two attached hydrogens (primary N) is 2. The second-order valence-electron chi connectivity index (χ2n) is 6.40. The van der Waals surface area contributed by atoms with E-state index < -0.39 is 0 Å². The second kappa shape index (κ2) is 6.75. The fourth-order valence-electron chi connectivity index (χ4n) is 3.22. The van der Waals surface area contributed by atoms with Gasteiger partial charge in [0.1, 0.15) is 17.5 Å². The molecular formula is C17H21FN8. The number of rotatable bonds is 4. The van der Waals surface area contributed by atoms with Crippen LogP contribution in [0.4, 0.5) is 21.7 Å². The first-order chi connectivity index (χ1) is 12.6. The van der Waals surface area contributed by atoms with E-state index >= 15 is 0 Å². The Labute approximate surface area is 150 Å². The average Bonchev–Trinajstić information content (AvgIpc) is 3.04. The van der Waals surface area contributed by atoms with Crippen molar-refractivity contribution in [1.82, 2.24) is 24.5 Å². The Morgan fingerprint density at radius 1 is 1.04 bits per heavy atom. The van der Waals surface area contributed by atoms with Crippen LogP contribution in [0.3, 0.4) is 0 Å². The molecule has 8 nitrogen and oxygen atoms in total. The number of benzene rings is 1. The van der Waals surface area contributed by atoms with Gasteiger partial charge in [-0.15, -0.1) is 5.10 Å². The molecule has 0 amide bonds. The first-order valence-corrected chi connectivity index (χ1v) is 8.59. The van der Waals surface area contributed by atoms with Crippen LogP contribution in [0.2, 0.25) is 0 Å². The molecule has 136 valence electrons. The molecule has 26 heavy (non-hydrogen) atoms. The van der Waals surface area contributed by atoms with Crippen molar-refractivity contribution in [1.29, 1.82) is 0 Å². The van der Waals surface area contributed by atoms with Crippen molar-refractivity contribution in [2.75, 3.05) is 49.1 Å². The van der Waals surface area contributed by atoms with Crippen LogP contribution in [-0.4, -0.2) is 57.2 Å². The molecule has 0 radical (unpaired) electrons. The Hall–Kier alpha value is -2.94. The lowest BCUT2D eigenvalue weighted by molar-refractivity contribution is 0.259. The van der Waals surface area contributed by atoms with Gasteiger partial charge in [-0.3, -0.25) is 4.90 Å². The van der Waals surface area contributed by atoms with E-state index in [1.165, 1.54) is 10.6 Å². The molecule has 0 unspecified atom stereocenters. The van der Waals surface area contributed by atoms with Gasteiger partial charge in [0.2, 0.25) is 0 Å². The monoisotopic (exact) mass is 356 g/mol. The number of piperazine rings is 1. The molecule has 0 spiro atoms. The Morgan fingerprint density at radius 3 is 2.62 bits per heavy atom. The van der Waals surface area contributed by atoms with E-state index in [2.05, 4.69) is 24.9 Å². The van der Waals surface area contributed by atoms with Crippen molar-refractivity contribution >= 4 is 23.1 Å². The van der Waals surface area contributed by atoms with Gasteiger partial charge in [-0.05, 0) is 18.2 Å². The summed E-state index contributed by atoms with van der Waals surface area (Å²) in [5.41, 5.74) is 12.5. The van der Waals surface area contributed by atoms with Gasteiger partial charge in [0.15, 0.2) is 5.82 Å². The lowest BCUT2D eigenvalue weighted by Gasteiger charge is -2.36. The quantitative estimate of drug-likeness (QED) is 0.713. The molecule has 1 saturated heterocycles. The highest BCUT2D eigenvalue weighted by molar-refractivity contribution is 5.49. The first-order valence-electron chi connectivity index (χ1n) is 8.59. The van der Waals surface area contributed by atoms with Crippen LogP contribution in [0.1, 0.15) is 5.82 Å². The highest BCUT2D eigenvalue weighted by Gasteiger charge is 2.18. The van der Waals surface area contributed by atoms with E-state index in [0.29, 0.717) is 29.7 Å². The van der Waals surface area contributed by atoms with Crippen molar-refractivity contribution in [2.24, 2.45) is 0 Å². The van der Waals surface area contributed by atoms with Gasteiger partial charge < -0.3 is 16.4 Å². The van der Waals surface area contributed by atoms with E-state index in [1.807, 2.05) is 6.07 Å². The highest BCUT2D eigenvalue weighted by Crippen LogP contribution is 2.17. The van der Waals surface area contributed by atoms with Crippen LogP contribution in [0.5, 0.6) is 0 Å². The van der Waals surface area contributed by atoms with Crippen LogP contribution in [-0.2, 0) is 6.42 Å². The fraction of sp³-hybridized carbons (Fsp3) is 0.353. The molecule has 2 aromatic heterocycles. The lowest BCUT2D eigenvalue weighted by Crippen LogP contribution is -2.47. The molecule has 0 bridgehead atoms. The minimum Gasteiger partial charge on any atom is -0.383 e. The highest BCUT2D eigenvalue weighted by atomic mass is 19.1. The van der Waals surface area contributed by atoms with Gasteiger partial charge in [-0.1, -0.05) is 6.07 Å². The van der Waals surface area contributed by atoms with Crippen LogP contribution in [0.15, 0.2) is 30.3 Å². The summed E-state index contributed by atoms with van der Waals surface area (Å²) in [6.07, 6.45) is 0.711. The summed E-state index contributed by atoms with van der Waals surface area (Å²) in [6.45, 7) is 4.41. The summed E-state index contributed by atoms with van der Waals surface area (Å²) in [5, 5.41) is 4.39. The fourth-order valence-corrected chi connectivity index (χ4v) is 3.22. The van der Waals surface area contributed by atoms with E-state index in [9.17, 15) is 4.39 Å². The maximum atomic E-state index is 13.4. The summed E-state index contributed by atoms with van der Waals surface area (Å²) in [5.74, 6) is 1.68. The van der Waals surface area contributed by atoms with Crippen molar-refractivity contribution in [3.63, 3.8) is 0 Å². The molecule has 1 aliphatic rings. The molecule has 1 aliphatic heterocycles. The van der Waals surface area contributed by atoms with Crippen molar-refractivity contribution < 1.29 is 4.39 Å². The van der Waals surface area contributed by atoms with Gasteiger partial charge in [0, 0.05) is 50.9 Å². The standard InChI is InChI=1S/C17H21FN8/c18-12-2-1-3-13(10-12)25-8-6-24(7-9-25)5-4-16-22-17-21-14(19)11-15(20)26(17)23-16/h1-3,10-11H,4-9,20H2,(H2,19,21,22,23). The van der Waals surface area contributed by atoms with Gasteiger partial charge >= 0.3 is 0 Å². The molecule has 0 aliphatic carbocycles. The Kier molecular flexibility index (Phi) is 4.29. The van der Waals surface area contributed by atoms with Crippen LogP contribution >= 0.6 is 0 Å². The molecule has 4 rings (SSSR count). The maximum absolute atomic E-state index is 13.4. The van der Waals surface area contributed by atoms with Crippen molar-refractivity contribution in [3.8, 4) is 0 Å². The SMILES string of the molecule is Nc1cc(N)n2nc(CCN3CCN(c4cccc(F)c4)CC3)nc2n1. The third-order valence-corrected chi connectivity index (χ3v) is 4.60. The summed E-state index contributed by atoms with van der Waals surface area (Å²) in [4.78, 5) is 13.1. The molecule has 1 fully saturated rings. The van der Waals surface area contributed by atoms with Crippen LogP contribution in [0, 0.1) is 5.82 Å². The lowest BCUT2D eigenvalue weighted by atomic mass is 10.2. The Morgan fingerprint density at radius 2 is 1.85 bits per heavy atom. The zero-order valence-corrected chi connectivity index (χ0v) is 14.3. The Balaban J connectivity index is 1.34. The summed E-state index contributed by atoms with van der Waals surface area (Å²) >= 11 is 0. The van der Waals surface area contributed by atoms with Crippen LogP contribution in [0.25, 0.3) is 5.78 Å². The maximum Gasteiger partial charge on any atom is 0.256 e. The van der Waals surface area contributed by atoms with E-state index in [4.69, 9.17) is 11.5 Å². The van der Waals surface area contributed by atoms with E-state index in [-0.39, 0.29) is 5.82 Å². The molecule has 3 heterocycles. The third kappa shape index (κ3) is 3.38. The molecular weight excluding hydrogens is 335 g/mol. The zero-order chi connectivity index (χ0) is 18.1. The molecule has 4 N–H and O–H groups in total. The first kappa shape index (κ1) is 16.5. The van der Waals surface area contributed by atoms with Gasteiger partial charge in [0.05, 0.1) is 0 Å².